The lowest BCUT2D eigenvalue weighted by atomic mass is 10.2. The number of aromatic nitrogens is 3. The van der Waals surface area contributed by atoms with Gasteiger partial charge in [0.1, 0.15) is 12.3 Å². The molecule has 7 nitrogen and oxygen atoms in total. The van der Waals surface area contributed by atoms with Crippen LogP contribution in [0.1, 0.15) is 16.2 Å². The van der Waals surface area contributed by atoms with Gasteiger partial charge >= 0.3 is 5.97 Å². The zero-order valence-corrected chi connectivity index (χ0v) is 8.80. The van der Waals surface area contributed by atoms with Gasteiger partial charge in [-0.25, -0.2) is 9.48 Å². The Labute approximate surface area is 94.6 Å². The Morgan fingerprint density at radius 3 is 2.94 bits per heavy atom. The van der Waals surface area contributed by atoms with Gasteiger partial charge in [0.2, 0.25) is 0 Å². The molecule has 0 aliphatic carbocycles. The number of fused-ring (bicyclic) bond motifs is 1. The molecule has 0 spiro atoms. The molecule has 0 aliphatic rings. The second-order valence-electron chi connectivity index (χ2n) is 3.28. The highest BCUT2D eigenvalue weighted by molar-refractivity contribution is 6.00. The molecule has 0 saturated heterocycles. The number of carboxylic acids is 1. The lowest BCUT2D eigenvalue weighted by Gasteiger charge is -2.01. The minimum Gasteiger partial charge on any atom is -0.476 e. The summed E-state index contributed by atoms with van der Waals surface area (Å²) in [6.07, 6.45) is 5.06. The summed E-state index contributed by atoms with van der Waals surface area (Å²) in [7, 11) is 0. The van der Waals surface area contributed by atoms with Crippen LogP contribution in [0.5, 0.6) is 0 Å². The average molecular weight is 233 g/mol. The molecule has 7 heteroatoms. The van der Waals surface area contributed by atoms with Gasteiger partial charge in [0.25, 0.3) is 5.56 Å². The summed E-state index contributed by atoms with van der Waals surface area (Å²) in [5, 5.41) is 16.3. The maximum absolute atomic E-state index is 11.8. The van der Waals surface area contributed by atoms with Crippen molar-refractivity contribution in [3.8, 4) is 12.3 Å². The van der Waals surface area contributed by atoms with E-state index in [1.165, 1.54) is 6.92 Å². The van der Waals surface area contributed by atoms with Crippen molar-refractivity contribution in [1.82, 2.24) is 14.9 Å². The third-order valence-electron chi connectivity index (χ3n) is 2.20. The van der Waals surface area contributed by atoms with E-state index in [0.29, 0.717) is 0 Å². The van der Waals surface area contributed by atoms with Crippen molar-refractivity contribution in [2.75, 3.05) is 0 Å². The normalized spacial score (nSPS) is 10.4. The highest BCUT2D eigenvalue weighted by Gasteiger charge is 2.21. The number of terminal acetylenes is 1. The van der Waals surface area contributed by atoms with Crippen LogP contribution in [-0.2, 0) is 6.54 Å². The van der Waals surface area contributed by atoms with E-state index in [4.69, 9.17) is 16.1 Å². The summed E-state index contributed by atoms with van der Waals surface area (Å²) in [5.74, 6) is 1.17. The van der Waals surface area contributed by atoms with Crippen LogP contribution in [0, 0.1) is 19.3 Å². The average Bonchev–Trinajstić information content (AvgIpc) is 2.65. The quantitative estimate of drug-likeness (QED) is 0.734. The van der Waals surface area contributed by atoms with Gasteiger partial charge in [-0.2, -0.15) is 5.10 Å². The smallest absolute Gasteiger partial charge is 0.357 e. The number of carboxylic acid groups (broad SMARTS) is 1. The molecule has 1 N–H and O–H groups in total. The van der Waals surface area contributed by atoms with Crippen LogP contribution in [-0.4, -0.2) is 26.0 Å². The molecule has 0 bridgehead atoms. The maximum atomic E-state index is 11.8. The SMILES string of the molecule is C#CCn1nc(C(=O)O)c2c(C)onc2c1=O. The van der Waals surface area contributed by atoms with E-state index >= 15 is 0 Å². The van der Waals surface area contributed by atoms with Gasteiger partial charge in [-0.1, -0.05) is 11.1 Å². The Hall–Kier alpha value is -2.62. The molecule has 0 fully saturated rings. The van der Waals surface area contributed by atoms with Crippen LogP contribution in [0.15, 0.2) is 9.32 Å². The van der Waals surface area contributed by atoms with Gasteiger partial charge in [0.05, 0.1) is 5.39 Å². The van der Waals surface area contributed by atoms with Crippen LogP contribution in [0.2, 0.25) is 0 Å². The minimum atomic E-state index is -1.27. The van der Waals surface area contributed by atoms with E-state index in [1.54, 1.807) is 0 Å². The monoisotopic (exact) mass is 233 g/mol. The van der Waals surface area contributed by atoms with Crippen molar-refractivity contribution in [3.05, 3.63) is 21.8 Å². The molecule has 86 valence electrons. The summed E-state index contributed by atoms with van der Waals surface area (Å²) >= 11 is 0. The minimum absolute atomic E-state index is 0.0786. The second kappa shape index (κ2) is 3.75. The number of carbonyl (C=O) groups is 1. The Balaban J connectivity index is 2.93. The largest absolute Gasteiger partial charge is 0.476 e. The predicted octanol–water partition coefficient (Wildman–Crippen LogP) is 0.0243. The fourth-order valence-electron chi connectivity index (χ4n) is 1.48. The lowest BCUT2D eigenvalue weighted by molar-refractivity contribution is 0.0690. The molecule has 0 aromatic carbocycles. The molecule has 2 aromatic rings. The van der Waals surface area contributed by atoms with Crippen LogP contribution in [0.3, 0.4) is 0 Å². The second-order valence-corrected chi connectivity index (χ2v) is 3.28. The van der Waals surface area contributed by atoms with Crippen LogP contribution >= 0.6 is 0 Å². The van der Waals surface area contributed by atoms with E-state index in [-0.39, 0.29) is 28.9 Å². The van der Waals surface area contributed by atoms with Crippen molar-refractivity contribution >= 4 is 16.9 Å². The van der Waals surface area contributed by atoms with Crippen molar-refractivity contribution in [1.29, 1.82) is 0 Å². The number of hydrogen-bond donors (Lipinski definition) is 1. The Morgan fingerprint density at radius 2 is 2.35 bits per heavy atom. The molecule has 0 aliphatic heterocycles. The number of aryl methyl sites for hydroxylation is 1. The fourth-order valence-corrected chi connectivity index (χ4v) is 1.48. The first-order valence-corrected chi connectivity index (χ1v) is 4.60. The number of rotatable bonds is 2. The van der Waals surface area contributed by atoms with Gasteiger partial charge in [-0.3, -0.25) is 4.79 Å². The van der Waals surface area contributed by atoms with Gasteiger partial charge < -0.3 is 9.63 Å². The van der Waals surface area contributed by atoms with E-state index in [2.05, 4.69) is 16.2 Å². The number of nitrogens with zero attached hydrogens (tertiary/aromatic N) is 3. The Morgan fingerprint density at radius 1 is 1.65 bits per heavy atom. The first kappa shape index (κ1) is 10.9. The number of aromatic carboxylic acids is 1. The molecule has 0 radical (unpaired) electrons. The van der Waals surface area contributed by atoms with E-state index in [1.807, 2.05) is 0 Å². The van der Waals surface area contributed by atoms with Crippen molar-refractivity contribution < 1.29 is 14.4 Å². The molecular weight excluding hydrogens is 226 g/mol. The summed E-state index contributed by atoms with van der Waals surface area (Å²) < 4.78 is 5.67. The van der Waals surface area contributed by atoms with E-state index in [0.717, 1.165) is 4.68 Å². The summed E-state index contributed by atoms with van der Waals surface area (Å²) in [4.78, 5) is 22.8. The predicted molar refractivity (Wildman–Crippen MR) is 56.6 cm³/mol. The summed E-state index contributed by atoms with van der Waals surface area (Å²) in [6.45, 7) is 1.38. The highest BCUT2D eigenvalue weighted by atomic mass is 16.5. The van der Waals surface area contributed by atoms with Gasteiger partial charge in [0.15, 0.2) is 11.2 Å². The standard InChI is InChI=1S/C10H7N3O4/c1-3-4-13-9(14)7-6(5(2)17-12-7)8(11-13)10(15)16/h1H,4H2,2H3,(H,15,16). The molecule has 0 saturated carbocycles. The molecule has 2 heterocycles. The fraction of sp³-hybridized carbons (Fsp3) is 0.200. The van der Waals surface area contributed by atoms with Gasteiger partial charge in [-0.05, 0) is 6.92 Å². The van der Waals surface area contributed by atoms with Crippen LogP contribution in [0.4, 0.5) is 0 Å². The van der Waals surface area contributed by atoms with Crippen LogP contribution < -0.4 is 5.56 Å². The molecule has 2 rings (SSSR count). The Bertz CT molecular complexity index is 705. The summed E-state index contributed by atoms with van der Waals surface area (Å²) in [6, 6.07) is 0. The first-order chi connectivity index (χ1) is 8.06. The molecule has 2 aromatic heterocycles. The molecule has 0 atom stereocenters. The lowest BCUT2D eigenvalue weighted by Crippen LogP contribution is -2.25. The third kappa shape index (κ3) is 1.56. The molecular formula is C10H7N3O4. The third-order valence-corrected chi connectivity index (χ3v) is 2.20. The van der Waals surface area contributed by atoms with Crippen molar-refractivity contribution in [2.45, 2.75) is 13.5 Å². The highest BCUT2D eigenvalue weighted by Crippen LogP contribution is 2.17. The van der Waals surface area contributed by atoms with Gasteiger partial charge in [-0.15, -0.1) is 6.42 Å². The van der Waals surface area contributed by atoms with Crippen molar-refractivity contribution in [3.63, 3.8) is 0 Å². The topological polar surface area (TPSA) is 98.2 Å². The zero-order chi connectivity index (χ0) is 12.6. The van der Waals surface area contributed by atoms with Crippen LogP contribution in [0.25, 0.3) is 10.9 Å². The molecule has 17 heavy (non-hydrogen) atoms. The van der Waals surface area contributed by atoms with E-state index in [9.17, 15) is 9.59 Å². The molecule has 0 amide bonds. The van der Waals surface area contributed by atoms with E-state index < -0.39 is 11.5 Å². The number of hydrogen-bond acceptors (Lipinski definition) is 5. The maximum Gasteiger partial charge on any atom is 0.357 e. The molecule has 0 unspecified atom stereocenters. The van der Waals surface area contributed by atoms with Crippen molar-refractivity contribution in [2.24, 2.45) is 0 Å². The van der Waals surface area contributed by atoms with Gasteiger partial charge in [0, 0.05) is 0 Å². The Kier molecular flexibility index (Phi) is 2.40. The first-order valence-electron chi connectivity index (χ1n) is 4.60. The summed E-state index contributed by atoms with van der Waals surface area (Å²) in [5.41, 5.74) is -0.946. The zero-order valence-electron chi connectivity index (χ0n) is 8.80.